The molecular weight excluding hydrogens is 501 g/mol. The van der Waals surface area contributed by atoms with E-state index in [1.54, 1.807) is 40.4 Å². The van der Waals surface area contributed by atoms with Crippen LogP contribution in [-0.2, 0) is 24.9 Å². The Labute approximate surface area is 224 Å². The van der Waals surface area contributed by atoms with Crippen LogP contribution in [0.2, 0.25) is 0 Å². The summed E-state index contributed by atoms with van der Waals surface area (Å²) >= 11 is 0. The van der Waals surface area contributed by atoms with Crippen molar-refractivity contribution in [2.24, 2.45) is 13.0 Å². The van der Waals surface area contributed by atoms with E-state index in [1.165, 1.54) is 16.7 Å². The number of hydrogen-bond donors (Lipinski definition) is 1. The maximum Gasteiger partial charge on any atom is 0.332 e. The molecule has 0 radical (unpaired) electrons. The number of rotatable bonds is 9. The molecule has 1 aliphatic heterocycles. The molecule has 204 valence electrons. The molecule has 2 atom stereocenters. The number of aromatic nitrogens is 4. The summed E-state index contributed by atoms with van der Waals surface area (Å²) in [7, 11) is 1.78. The summed E-state index contributed by atoms with van der Waals surface area (Å²) in [5, 5.41) is 2.83. The average Bonchev–Trinajstić information content (AvgIpc) is 3.51. The monoisotopic (exact) mass is 533 g/mol. The van der Waals surface area contributed by atoms with E-state index in [0.717, 1.165) is 12.0 Å². The molecule has 3 heterocycles. The van der Waals surface area contributed by atoms with E-state index in [2.05, 4.69) is 5.32 Å². The van der Waals surface area contributed by atoms with Crippen molar-refractivity contribution in [3.63, 3.8) is 0 Å². The number of benzene rings is 2. The number of ether oxygens (including phenoxy) is 1. The Morgan fingerprint density at radius 1 is 1.05 bits per heavy atom. The molecule has 1 N–H and O–H groups in total. The van der Waals surface area contributed by atoms with Gasteiger partial charge < -0.3 is 14.6 Å². The number of carbonyl (C=O) groups excluding carboxylic acids is 1. The molecule has 0 saturated carbocycles. The zero-order valence-corrected chi connectivity index (χ0v) is 22.3. The highest BCUT2D eigenvalue weighted by Gasteiger charge is 2.32. The van der Waals surface area contributed by atoms with Gasteiger partial charge in [0.1, 0.15) is 23.5 Å². The highest BCUT2D eigenvalue weighted by molar-refractivity contribution is 5.78. The first-order chi connectivity index (χ1) is 18.8. The van der Waals surface area contributed by atoms with Gasteiger partial charge in [0.25, 0.3) is 5.56 Å². The molecule has 0 bridgehead atoms. The molecule has 2 aromatic carbocycles. The van der Waals surface area contributed by atoms with Crippen LogP contribution in [0.3, 0.4) is 0 Å². The summed E-state index contributed by atoms with van der Waals surface area (Å²) in [6, 6.07) is 13.5. The van der Waals surface area contributed by atoms with Gasteiger partial charge in [0.2, 0.25) is 5.91 Å². The highest BCUT2D eigenvalue weighted by Crippen LogP contribution is 2.33. The van der Waals surface area contributed by atoms with Crippen LogP contribution in [-0.4, -0.2) is 31.1 Å². The standard InChI is InChI=1S/C29H32FN5O4/c1-4-13-34-27-24(28(37)35(14-5-2)29(34)38)33(3)26(32-27)18-9-11-22(12-10-18)39-25(20-16-23(36)31-17-20)19-7-6-8-21(30)15-19/h6-12,15,20,25H,4-5,13-14,16-17H2,1-3H3,(H,31,36). The van der Waals surface area contributed by atoms with Crippen LogP contribution in [0.15, 0.2) is 58.1 Å². The second-order valence-corrected chi connectivity index (χ2v) is 9.94. The molecule has 2 aromatic heterocycles. The van der Waals surface area contributed by atoms with Crippen molar-refractivity contribution in [1.82, 2.24) is 24.0 Å². The van der Waals surface area contributed by atoms with Crippen LogP contribution in [0.25, 0.3) is 22.6 Å². The smallest absolute Gasteiger partial charge is 0.332 e. The van der Waals surface area contributed by atoms with Crippen LogP contribution < -0.4 is 21.3 Å². The molecule has 0 spiro atoms. The lowest BCUT2D eigenvalue weighted by atomic mass is 9.94. The van der Waals surface area contributed by atoms with E-state index < -0.39 is 6.10 Å². The van der Waals surface area contributed by atoms with E-state index in [-0.39, 0.29) is 28.9 Å². The summed E-state index contributed by atoms with van der Waals surface area (Å²) in [5.74, 6) is 0.551. The average molecular weight is 534 g/mol. The predicted molar refractivity (Wildman–Crippen MR) is 146 cm³/mol. The number of amides is 1. The Morgan fingerprint density at radius 3 is 2.41 bits per heavy atom. The van der Waals surface area contributed by atoms with Crippen molar-refractivity contribution in [3.8, 4) is 17.1 Å². The number of aryl methyl sites for hydroxylation is 2. The Kier molecular flexibility index (Phi) is 7.36. The van der Waals surface area contributed by atoms with Gasteiger partial charge in [-0.1, -0.05) is 26.0 Å². The van der Waals surface area contributed by atoms with Crippen LogP contribution >= 0.6 is 0 Å². The van der Waals surface area contributed by atoms with Crippen LogP contribution in [0.4, 0.5) is 4.39 Å². The number of carbonyl (C=O) groups is 1. The van der Waals surface area contributed by atoms with Gasteiger partial charge in [-0.15, -0.1) is 0 Å². The summed E-state index contributed by atoms with van der Waals surface area (Å²) in [6.07, 6.45) is 1.18. The molecule has 1 saturated heterocycles. The van der Waals surface area contributed by atoms with E-state index >= 15 is 0 Å². The second-order valence-electron chi connectivity index (χ2n) is 9.94. The van der Waals surface area contributed by atoms with Gasteiger partial charge in [-0.2, -0.15) is 0 Å². The van der Waals surface area contributed by atoms with E-state index in [0.29, 0.717) is 60.8 Å². The van der Waals surface area contributed by atoms with Gasteiger partial charge in [0.05, 0.1) is 0 Å². The van der Waals surface area contributed by atoms with Gasteiger partial charge in [-0.25, -0.2) is 14.2 Å². The predicted octanol–water partition coefficient (Wildman–Crippen LogP) is 3.78. The maximum absolute atomic E-state index is 14.0. The SMILES string of the molecule is CCCn1c(=O)c2c(nc(-c3ccc(OC(c4cccc(F)c4)C4CNC(=O)C4)cc3)n2C)n(CCC)c1=O. The molecule has 5 rings (SSSR count). The topological polar surface area (TPSA) is 100 Å². The van der Waals surface area contributed by atoms with Crippen LogP contribution in [0.1, 0.15) is 44.8 Å². The zero-order chi connectivity index (χ0) is 27.7. The second kappa shape index (κ2) is 10.9. The van der Waals surface area contributed by atoms with Crippen molar-refractivity contribution >= 4 is 17.1 Å². The number of nitrogens with one attached hydrogen (secondary N) is 1. The minimum atomic E-state index is -0.512. The van der Waals surface area contributed by atoms with Gasteiger partial charge in [-0.05, 0) is 54.8 Å². The third-order valence-corrected chi connectivity index (χ3v) is 7.13. The molecule has 1 fully saturated rings. The highest BCUT2D eigenvalue weighted by atomic mass is 19.1. The lowest BCUT2D eigenvalue weighted by Crippen LogP contribution is -2.40. The Hall–Kier alpha value is -4.21. The number of imidazole rings is 1. The Balaban J connectivity index is 1.51. The van der Waals surface area contributed by atoms with E-state index in [9.17, 15) is 18.8 Å². The fraction of sp³-hybridized carbons (Fsp3) is 0.379. The van der Waals surface area contributed by atoms with Crippen molar-refractivity contribution in [3.05, 3.63) is 80.7 Å². The molecule has 1 amide bonds. The van der Waals surface area contributed by atoms with Crippen molar-refractivity contribution in [2.45, 2.75) is 52.3 Å². The van der Waals surface area contributed by atoms with E-state index in [1.807, 2.05) is 26.0 Å². The third-order valence-electron chi connectivity index (χ3n) is 7.13. The summed E-state index contributed by atoms with van der Waals surface area (Å²) in [4.78, 5) is 42.9. The lowest BCUT2D eigenvalue weighted by molar-refractivity contribution is -0.119. The first-order valence-electron chi connectivity index (χ1n) is 13.3. The molecular formula is C29H32FN5O4. The molecule has 0 aliphatic carbocycles. The molecule has 39 heavy (non-hydrogen) atoms. The molecule has 2 unspecified atom stereocenters. The van der Waals surface area contributed by atoms with E-state index in [4.69, 9.17) is 9.72 Å². The minimum Gasteiger partial charge on any atom is -0.485 e. The number of halogens is 1. The van der Waals surface area contributed by atoms with Crippen LogP contribution in [0, 0.1) is 11.7 Å². The fourth-order valence-corrected chi connectivity index (χ4v) is 5.26. The molecule has 4 aromatic rings. The van der Waals surface area contributed by atoms with Crippen molar-refractivity contribution in [1.29, 1.82) is 0 Å². The third kappa shape index (κ3) is 4.98. The number of hydrogen-bond acceptors (Lipinski definition) is 5. The maximum atomic E-state index is 14.0. The lowest BCUT2D eigenvalue weighted by Gasteiger charge is -2.24. The van der Waals surface area contributed by atoms with Gasteiger partial charge in [0, 0.05) is 44.6 Å². The largest absolute Gasteiger partial charge is 0.485 e. The molecule has 10 heteroatoms. The van der Waals surface area contributed by atoms with Gasteiger partial charge >= 0.3 is 5.69 Å². The van der Waals surface area contributed by atoms with Crippen molar-refractivity contribution in [2.75, 3.05) is 6.54 Å². The number of fused-ring (bicyclic) bond motifs is 1. The molecule has 1 aliphatic rings. The first kappa shape index (κ1) is 26.4. The van der Waals surface area contributed by atoms with Crippen molar-refractivity contribution < 1.29 is 13.9 Å². The minimum absolute atomic E-state index is 0.0539. The number of nitrogens with zero attached hydrogens (tertiary/aromatic N) is 4. The van der Waals surface area contributed by atoms with Crippen LogP contribution in [0.5, 0.6) is 5.75 Å². The summed E-state index contributed by atoms with van der Waals surface area (Å²) < 4.78 is 24.9. The summed E-state index contributed by atoms with van der Waals surface area (Å²) in [6.45, 7) is 5.16. The van der Waals surface area contributed by atoms with Gasteiger partial charge in [0.15, 0.2) is 11.2 Å². The van der Waals surface area contributed by atoms with Gasteiger partial charge in [-0.3, -0.25) is 18.7 Å². The zero-order valence-electron chi connectivity index (χ0n) is 22.3. The normalized spacial score (nSPS) is 16.0. The molecule has 9 nitrogen and oxygen atoms in total. The fourth-order valence-electron chi connectivity index (χ4n) is 5.26. The summed E-state index contributed by atoms with van der Waals surface area (Å²) in [5.41, 5.74) is 1.49. The first-order valence-corrected chi connectivity index (χ1v) is 13.3. The Bertz CT molecular complexity index is 1640. The Morgan fingerprint density at radius 2 is 1.77 bits per heavy atom. The quantitative estimate of drug-likeness (QED) is 0.353.